The molecule has 0 bridgehead atoms. The summed E-state index contributed by atoms with van der Waals surface area (Å²) in [4.78, 5) is 24.9. The smallest absolute Gasteiger partial charge is 0.305 e. The number of carbonyl (C=O) groups is 2. The molecule has 0 aromatic heterocycles. The summed E-state index contributed by atoms with van der Waals surface area (Å²) in [7, 11) is 1.52. The van der Waals surface area contributed by atoms with Crippen LogP contribution < -0.4 is 10.5 Å². The van der Waals surface area contributed by atoms with E-state index in [1.807, 2.05) is 20.8 Å². The third-order valence-corrected chi connectivity index (χ3v) is 3.09. The molecule has 0 saturated carbocycles. The van der Waals surface area contributed by atoms with Gasteiger partial charge in [-0.3, -0.25) is 9.59 Å². The normalized spacial score (nSPS) is 11.0. The summed E-state index contributed by atoms with van der Waals surface area (Å²) >= 11 is 0. The van der Waals surface area contributed by atoms with Crippen LogP contribution >= 0.6 is 0 Å². The number of hydrogen-bond donors (Lipinski definition) is 2. The molecule has 0 saturated heterocycles. The summed E-state index contributed by atoms with van der Waals surface area (Å²) in [5.74, 6) is -0.666. The fourth-order valence-corrected chi connectivity index (χ4v) is 1.96. The first kappa shape index (κ1) is 16.8. The molecule has 1 rings (SSSR count). The van der Waals surface area contributed by atoms with Crippen LogP contribution in [-0.4, -0.2) is 41.1 Å². The van der Waals surface area contributed by atoms with Gasteiger partial charge in [-0.2, -0.15) is 0 Å². The Morgan fingerprint density at radius 1 is 1.33 bits per heavy atom. The molecule has 0 radical (unpaired) electrons. The van der Waals surface area contributed by atoms with Crippen LogP contribution in [0.5, 0.6) is 5.75 Å². The van der Waals surface area contributed by atoms with Crippen molar-refractivity contribution in [3.63, 3.8) is 0 Å². The molecule has 3 N–H and O–H groups in total. The zero-order chi connectivity index (χ0) is 16.2. The molecule has 0 unspecified atom stereocenters. The number of anilines is 1. The predicted octanol–water partition coefficient (Wildman–Crippen LogP) is 1.99. The van der Waals surface area contributed by atoms with Crippen molar-refractivity contribution in [3.05, 3.63) is 23.8 Å². The van der Waals surface area contributed by atoms with Gasteiger partial charge in [-0.15, -0.1) is 0 Å². The number of methoxy groups -OCH3 is 1. The Bertz CT molecular complexity index is 535. The molecule has 0 aliphatic carbocycles. The van der Waals surface area contributed by atoms with Gasteiger partial charge in [0.25, 0.3) is 5.91 Å². The number of benzene rings is 1. The van der Waals surface area contributed by atoms with Crippen molar-refractivity contribution in [2.75, 3.05) is 19.4 Å². The van der Waals surface area contributed by atoms with Crippen LogP contribution in [0.25, 0.3) is 0 Å². The molecule has 0 spiro atoms. The number of carboxylic acid groups (broad SMARTS) is 1. The maximum Gasteiger partial charge on any atom is 0.305 e. The number of hydrogen-bond acceptors (Lipinski definition) is 4. The van der Waals surface area contributed by atoms with E-state index in [0.717, 1.165) is 0 Å². The van der Waals surface area contributed by atoms with E-state index in [-0.39, 0.29) is 18.9 Å². The molecule has 6 nitrogen and oxygen atoms in total. The van der Waals surface area contributed by atoms with Crippen molar-refractivity contribution < 1.29 is 19.4 Å². The third-order valence-electron chi connectivity index (χ3n) is 3.09. The molecular formula is C15H22N2O4. The van der Waals surface area contributed by atoms with Crippen LogP contribution in [0.3, 0.4) is 0 Å². The average molecular weight is 294 g/mol. The second kappa shape index (κ2) is 6.47. The molecule has 1 aromatic carbocycles. The minimum atomic E-state index is -0.945. The summed E-state index contributed by atoms with van der Waals surface area (Å²) in [5.41, 5.74) is 6.04. The quantitative estimate of drug-likeness (QED) is 0.810. The van der Waals surface area contributed by atoms with Crippen LogP contribution in [0.15, 0.2) is 18.2 Å². The Kier molecular flexibility index (Phi) is 5.18. The lowest BCUT2D eigenvalue weighted by molar-refractivity contribution is -0.137. The van der Waals surface area contributed by atoms with Gasteiger partial charge >= 0.3 is 5.97 Å². The highest BCUT2D eigenvalue weighted by Gasteiger charge is 2.28. The second-order valence-electron chi connectivity index (χ2n) is 5.72. The van der Waals surface area contributed by atoms with Gasteiger partial charge in [0.2, 0.25) is 0 Å². The largest absolute Gasteiger partial charge is 0.497 e. The number of aliphatic carboxylic acids is 1. The van der Waals surface area contributed by atoms with Gasteiger partial charge in [0.15, 0.2) is 0 Å². The van der Waals surface area contributed by atoms with E-state index in [2.05, 4.69) is 0 Å². The number of nitrogens with two attached hydrogens (primary N) is 1. The number of rotatable bonds is 5. The van der Waals surface area contributed by atoms with E-state index in [9.17, 15) is 9.59 Å². The van der Waals surface area contributed by atoms with Crippen LogP contribution in [0.1, 0.15) is 37.6 Å². The highest BCUT2D eigenvalue weighted by Crippen LogP contribution is 2.24. The van der Waals surface area contributed by atoms with Gasteiger partial charge in [-0.25, -0.2) is 0 Å². The van der Waals surface area contributed by atoms with Gasteiger partial charge in [0, 0.05) is 23.8 Å². The Morgan fingerprint density at radius 3 is 2.38 bits per heavy atom. The molecule has 21 heavy (non-hydrogen) atoms. The van der Waals surface area contributed by atoms with Gasteiger partial charge < -0.3 is 20.5 Å². The second-order valence-corrected chi connectivity index (χ2v) is 5.72. The summed E-state index contributed by atoms with van der Waals surface area (Å²) in [6, 6.07) is 4.82. The lowest BCUT2D eigenvalue weighted by Crippen LogP contribution is -2.46. The monoisotopic (exact) mass is 294 g/mol. The van der Waals surface area contributed by atoms with Crippen molar-refractivity contribution in [1.29, 1.82) is 0 Å². The molecule has 0 heterocycles. The van der Waals surface area contributed by atoms with Crippen molar-refractivity contribution in [1.82, 2.24) is 4.90 Å². The first-order chi connectivity index (χ1) is 9.66. The Labute approximate surface area is 124 Å². The fraction of sp³-hybridized carbons (Fsp3) is 0.467. The van der Waals surface area contributed by atoms with Crippen molar-refractivity contribution in [3.8, 4) is 5.75 Å². The predicted molar refractivity (Wildman–Crippen MR) is 80.4 cm³/mol. The van der Waals surface area contributed by atoms with Gasteiger partial charge in [0.1, 0.15) is 5.75 Å². The van der Waals surface area contributed by atoms with Crippen molar-refractivity contribution in [2.24, 2.45) is 0 Å². The van der Waals surface area contributed by atoms with E-state index < -0.39 is 11.5 Å². The number of carbonyl (C=O) groups excluding carboxylic acids is 1. The molecule has 0 atom stereocenters. The zero-order valence-electron chi connectivity index (χ0n) is 12.8. The fourth-order valence-electron chi connectivity index (χ4n) is 1.96. The molecule has 6 heteroatoms. The van der Waals surface area contributed by atoms with Crippen LogP contribution in [0.2, 0.25) is 0 Å². The van der Waals surface area contributed by atoms with E-state index in [0.29, 0.717) is 17.0 Å². The highest BCUT2D eigenvalue weighted by atomic mass is 16.5. The molecule has 1 amide bonds. The third kappa shape index (κ3) is 4.37. The number of ether oxygens (including phenoxy) is 1. The molecule has 1 aromatic rings. The Morgan fingerprint density at radius 2 is 1.95 bits per heavy atom. The SMILES string of the molecule is COc1ccc(C(=O)N(CCC(=O)O)C(C)(C)C)c(N)c1. The van der Waals surface area contributed by atoms with Gasteiger partial charge in [-0.05, 0) is 32.9 Å². The topological polar surface area (TPSA) is 92.9 Å². The van der Waals surface area contributed by atoms with Crippen molar-refractivity contribution in [2.45, 2.75) is 32.7 Å². The maximum absolute atomic E-state index is 12.6. The molecule has 0 aliphatic rings. The summed E-state index contributed by atoms with van der Waals surface area (Å²) in [5, 5.41) is 8.82. The number of nitrogens with zero attached hydrogens (tertiary/aromatic N) is 1. The molecule has 0 aliphatic heterocycles. The standard InChI is InChI=1S/C15H22N2O4/c1-15(2,3)17(8-7-13(18)19)14(20)11-6-5-10(21-4)9-12(11)16/h5-6,9H,7-8,16H2,1-4H3,(H,18,19). The number of nitrogen functional groups attached to an aromatic ring is 1. The lowest BCUT2D eigenvalue weighted by atomic mass is 10.0. The number of carboxylic acids is 1. The van der Waals surface area contributed by atoms with Gasteiger partial charge in [0.05, 0.1) is 19.1 Å². The number of amides is 1. The van der Waals surface area contributed by atoms with Crippen LogP contribution in [0, 0.1) is 0 Å². The van der Waals surface area contributed by atoms with E-state index in [4.69, 9.17) is 15.6 Å². The minimum Gasteiger partial charge on any atom is -0.497 e. The summed E-state index contributed by atoms with van der Waals surface area (Å²) in [6.07, 6.45) is -0.112. The molecule has 0 fully saturated rings. The first-order valence-electron chi connectivity index (χ1n) is 6.64. The summed E-state index contributed by atoms with van der Waals surface area (Å²) in [6.45, 7) is 5.69. The first-order valence-corrected chi connectivity index (χ1v) is 6.64. The Hall–Kier alpha value is -2.24. The van der Waals surface area contributed by atoms with Gasteiger partial charge in [-0.1, -0.05) is 0 Å². The van der Waals surface area contributed by atoms with Crippen LogP contribution in [0.4, 0.5) is 5.69 Å². The Balaban J connectivity index is 3.08. The average Bonchev–Trinajstić information content (AvgIpc) is 2.36. The lowest BCUT2D eigenvalue weighted by Gasteiger charge is -2.35. The van der Waals surface area contributed by atoms with E-state index >= 15 is 0 Å². The minimum absolute atomic E-state index is 0.112. The highest BCUT2D eigenvalue weighted by molar-refractivity contribution is 5.99. The molecular weight excluding hydrogens is 272 g/mol. The molecule has 116 valence electrons. The van der Waals surface area contributed by atoms with Crippen LogP contribution in [-0.2, 0) is 4.79 Å². The summed E-state index contributed by atoms with van der Waals surface area (Å²) < 4.78 is 5.05. The van der Waals surface area contributed by atoms with E-state index in [1.54, 1.807) is 18.2 Å². The maximum atomic E-state index is 12.6. The zero-order valence-corrected chi connectivity index (χ0v) is 12.8. The van der Waals surface area contributed by atoms with E-state index in [1.165, 1.54) is 12.0 Å². The van der Waals surface area contributed by atoms with Crippen molar-refractivity contribution >= 4 is 17.6 Å².